The molecule has 0 spiro atoms. The highest BCUT2D eigenvalue weighted by atomic mass is 19.1. The van der Waals surface area contributed by atoms with E-state index in [1.807, 2.05) is 13.8 Å². The number of carbonyl (C=O) groups is 6. The quantitative estimate of drug-likeness (QED) is 0.0643. The lowest BCUT2D eigenvalue weighted by atomic mass is 9.77. The van der Waals surface area contributed by atoms with E-state index in [1.165, 1.54) is 23.1 Å². The number of unbranched alkanes of at least 4 members (excludes halogenated alkanes) is 3. The fourth-order valence-corrected chi connectivity index (χ4v) is 8.60. The average molecular weight is 842 g/mol. The second-order valence-electron chi connectivity index (χ2n) is 16.9. The summed E-state index contributed by atoms with van der Waals surface area (Å²) in [4.78, 5) is 94.8. The van der Waals surface area contributed by atoms with Crippen molar-refractivity contribution in [2.24, 2.45) is 11.8 Å². The number of nitrogens with zero attached hydrogens (tertiary/aromatic N) is 3. The summed E-state index contributed by atoms with van der Waals surface area (Å²) in [6.07, 6.45) is 6.71. The first-order valence-corrected chi connectivity index (χ1v) is 21.4. The van der Waals surface area contributed by atoms with Crippen LogP contribution < -0.4 is 16.2 Å². The van der Waals surface area contributed by atoms with Crippen LogP contribution in [0.5, 0.6) is 0 Å². The van der Waals surface area contributed by atoms with E-state index in [-0.39, 0.29) is 92.1 Å². The highest BCUT2D eigenvalue weighted by Crippen LogP contribution is 2.41. The highest BCUT2D eigenvalue weighted by molar-refractivity contribution is 6.12. The molecule has 3 atom stereocenters. The Labute approximate surface area is 354 Å². The molecule has 15 heteroatoms. The standard InChI is InChI=1S/C46H56FN5O9/c1-6-46(60)33-22-36-43-32(24-52(36)45(59)30(33)14-15-38(46)54)29(31-20-27(4)34(47)23-35(31)49-43)12-9-11-19-61-25-48-44(58)28(5)21-37(53)42(26(2)3)50-39(55)13-8-7-10-18-51-40(56)16-17-41(51)57/h16-17,20,22-23,26,28,42,60H,6-15,18-19,21,24-25H2,1-5H3,(H,48,58)(H,50,55)/t28-,42+,46+/m1/s1. The molecule has 0 unspecified atom stereocenters. The Morgan fingerprint density at radius 3 is 2.41 bits per heavy atom. The first kappa shape index (κ1) is 45.1. The number of aryl methyl sites for hydroxylation is 2. The summed E-state index contributed by atoms with van der Waals surface area (Å²) in [5, 5.41) is 17.7. The van der Waals surface area contributed by atoms with Gasteiger partial charge >= 0.3 is 0 Å². The molecule has 1 aliphatic carbocycles. The summed E-state index contributed by atoms with van der Waals surface area (Å²) < 4.78 is 22.2. The van der Waals surface area contributed by atoms with Crippen molar-refractivity contribution in [3.8, 4) is 11.4 Å². The third kappa shape index (κ3) is 9.57. The zero-order chi connectivity index (χ0) is 44.2. The summed E-state index contributed by atoms with van der Waals surface area (Å²) in [7, 11) is 0. The lowest BCUT2D eigenvalue weighted by molar-refractivity contribution is -0.140. The molecule has 3 aromatic rings. The normalized spacial score (nSPS) is 17.8. The van der Waals surface area contributed by atoms with Gasteiger partial charge in [-0.15, -0.1) is 0 Å². The maximum absolute atomic E-state index is 14.9. The molecule has 61 heavy (non-hydrogen) atoms. The van der Waals surface area contributed by atoms with E-state index in [4.69, 9.17) is 9.72 Å². The second kappa shape index (κ2) is 19.1. The van der Waals surface area contributed by atoms with Crippen LogP contribution in [-0.4, -0.2) is 80.7 Å². The number of hydrogen-bond donors (Lipinski definition) is 3. The Morgan fingerprint density at radius 1 is 0.967 bits per heavy atom. The first-order valence-electron chi connectivity index (χ1n) is 21.4. The number of pyridine rings is 2. The zero-order valence-corrected chi connectivity index (χ0v) is 35.7. The van der Waals surface area contributed by atoms with Gasteiger partial charge < -0.3 is 25.0 Å². The topological polar surface area (TPSA) is 194 Å². The van der Waals surface area contributed by atoms with Crippen molar-refractivity contribution in [3.63, 3.8) is 0 Å². The lowest BCUT2D eigenvalue weighted by Crippen LogP contribution is -2.45. The first-order chi connectivity index (χ1) is 29.0. The average Bonchev–Trinajstić information content (AvgIpc) is 3.75. The fraction of sp³-hybridized carbons (Fsp3) is 0.522. The molecule has 6 rings (SSSR count). The van der Waals surface area contributed by atoms with Crippen molar-refractivity contribution < 1.29 is 43.0 Å². The largest absolute Gasteiger partial charge is 0.377 e. The third-order valence-corrected chi connectivity index (χ3v) is 12.2. The van der Waals surface area contributed by atoms with Gasteiger partial charge in [0, 0.05) is 78.6 Å². The molecule has 0 fully saturated rings. The Kier molecular flexibility index (Phi) is 14.1. The molecule has 326 valence electrons. The van der Waals surface area contributed by atoms with Gasteiger partial charge in [-0.3, -0.25) is 38.5 Å². The number of carbonyl (C=O) groups excluding carboxylic acids is 6. The van der Waals surface area contributed by atoms with Gasteiger partial charge in [0.25, 0.3) is 17.4 Å². The van der Waals surface area contributed by atoms with Gasteiger partial charge in [-0.25, -0.2) is 9.37 Å². The van der Waals surface area contributed by atoms with Crippen LogP contribution in [0.3, 0.4) is 0 Å². The molecule has 4 heterocycles. The summed E-state index contributed by atoms with van der Waals surface area (Å²) in [5.74, 6) is -3.10. The van der Waals surface area contributed by atoms with Crippen molar-refractivity contribution in [2.75, 3.05) is 19.9 Å². The van der Waals surface area contributed by atoms with E-state index in [2.05, 4.69) is 10.6 Å². The van der Waals surface area contributed by atoms with E-state index in [0.717, 1.165) is 16.5 Å². The molecular weight excluding hydrogens is 786 g/mol. The molecule has 14 nitrogen and oxygen atoms in total. The molecule has 0 saturated carbocycles. The molecule has 3 aliphatic rings. The molecule has 2 aliphatic heterocycles. The maximum Gasteiger partial charge on any atom is 0.254 e. The number of aromatic nitrogens is 2. The minimum atomic E-state index is -1.75. The number of fused-ring (bicyclic) bond motifs is 5. The van der Waals surface area contributed by atoms with Crippen LogP contribution in [0.1, 0.15) is 113 Å². The highest BCUT2D eigenvalue weighted by Gasteiger charge is 2.43. The van der Waals surface area contributed by atoms with Gasteiger partial charge in [0.05, 0.1) is 29.5 Å². The van der Waals surface area contributed by atoms with Gasteiger partial charge in [0.1, 0.15) is 18.1 Å². The Balaban J connectivity index is 0.980. The van der Waals surface area contributed by atoms with Gasteiger partial charge in [0.15, 0.2) is 11.6 Å². The Hall–Kier alpha value is -5.41. The van der Waals surface area contributed by atoms with Crippen molar-refractivity contribution in [2.45, 2.75) is 123 Å². The Morgan fingerprint density at radius 2 is 1.70 bits per heavy atom. The van der Waals surface area contributed by atoms with E-state index in [1.54, 1.807) is 37.5 Å². The van der Waals surface area contributed by atoms with E-state index in [9.17, 15) is 43.1 Å². The minimum absolute atomic E-state index is 0.0557. The SMILES string of the molecule is CC[C@@]1(O)C(=O)CCc2c1cc1n(c2=O)Cc2c-1nc1cc(F)c(C)cc1c2CCCCOCNC(=O)[C@H](C)CC(=O)[C@@H](NC(=O)CCCCCN1C(=O)C=CC1=O)C(C)C. The number of ketones is 2. The summed E-state index contributed by atoms with van der Waals surface area (Å²) in [5.41, 5.74) is 2.51. The zero-order valence-electron chi connectivity index (χ0n) is 35.7. The lowest BCUT2D eigenvalue weighted by Gasteiger charge is -2.32. The number of imide groups is 1. The monoisotopic (exact) mass is 841 g/mol. The van der Waals surface area contributed by atoms with Gasteiger partial charge in [-0.05, 0) is 81.0 Å². The summed E-state index contributed by atoms with van der Waals surface area (Å²) in [6.45, 7) is 9.55. The van der Waals surface area contributed by atoms with E-state index < -0.39 is 23.4 Å². The molecule has 2 aromatic heterocycles. The number of ether oxygens (including phenoxy) is 1. The number of benzene rings is 1. The number of Topliss-reactive ketones (excluding diaryl/α,β-unsaturated/α-hetero) is 2. The van der Waals surface area contributed by atoms with Crippen LogP contribution in [0.2, 0.25) is 0 Å². The molecule has 0 saturated heterocycles. The minimum Gasteiger partial charge on any atom is -0.377 e. The molecule has 0 bridgehead atoms. The number of amides is 4. The van der Waals surface area contributed by atoms with Crippen molar-refractivity contribution in [3.05, 3.63) is 74.3 Å². The Bertz CT molecular complexity index is 2340. The number of aliphatic hydroxyl groups is 1. The van der Waals surface area contributed by atoms with Gasteiger partial charge in [-0.2, -0.15) is 0 Å². The van der Waals surface area contributed by atoms with Crippen LogP contribution in [-0.2, 0) is 58.5 Å². The van der Waals surface area contributed by atoms with Gasteiger partial charge in [0.2, 0.25) is 11.8 Å². The van der Waals surface area contributed by atoms with E-state index >= 15 is 0 Å². The fourth-order valence-electron chi connectivity index (χ4n) is 8.60. The van der Waals surface area contributed by atoms with Gasteiger partial charge in [-0.1, -0.05) is 34.1 Å². The molecule has 4 amide bonds. The molecule has 3 N–H and O–H groups in total. The van der Waals surface area contributed by atoms with Crippen LogP contribution in [0, 0.1) is 24.6 Å². The molecule has 1 aromatic carbocycles. The van der Waals surface area contributed by atoms with Crippen LogP contribution >= 0.6 is 0 Å². The summed E-state index contributed by atoms with van der Waals surface area (Å²) >= 11 is 0. The predicted octanol–water partition coefficient (Wildman–Crippen LogP) is 4.62. The maximum atomic E-state index is 14.9. The van der Waals surface area contributed by atoms with Crippen LogP contribution in [0.25, 0.3) is 22.3 Å². The van der Waals surface area contributed by atoms with Crippen molar-refractivity contribution in [1.29, 1.82) is 0 Å². The van der Waals surface area contributed by atoms with Crippen molar-refractivity contribution >= 4 is 46.1 Å². The number of halogens is 1. The second-order valence-corrected chi connectivity index (χ2v) is 16.9. The van der Waals surface area contributed by atoms with Crippen molar-refractivity contribution in [1.82, 2.24) is 25.1 Å². The number of rotatable bonds is 20. The summed E-state index contributed by atoms with van der Waals surface area (Å²) in [6, 6.07) is 4.14. The molecule has 0 radical (unpaired) electrons. The number of hydrogen-bond acceptors (Lipinski definition) is 10. The smallest absolute Gasteiger partial charge is 0.254 e. The molecular formula is C46H56FN5O9. The van der Waals surface area contributed by atoms with Crippen LogP contribution in [0.4, 0.5) is 4.39 Å². The third-order valence-electron chi connectivity index (χ3n) is 12.2. The van der Waals surface area contributed by atoms with E-state index in [0.29, 0.717) is 85.3 Å². The predicted molar refractivity (Wildman–Crippen MR) is 225 cm³/mol. The van der Waals surface area contributed by atoms with Crippen LogP contribution in [0.15, 0.2) is 35.1 Å². The number of nitrogens with one attached hydrogen (secondary N) is 2.